The van der Waals surface area contributed by atoms with Gasteiger partial charge in [0.1, 0.15) is 12.7 Å². The summed E-state index contributed by atoms with van der Waals surface area (Å²) in [4.78, 5) is 11.0. The second-order valence-electron chi connectivity index (χ2n) is 6.19. The van der Waals surface area contributed by atoms with Crippen LogP contribution in [0.4, 0.5) is 0 Å². The second kappa shape index (κ2) is 8.62. The number of nitrogens with one attached hydrogen (secondary N) is 2. The fourth-order valence-corrected chi connectivity index (χ4v) is 3.69. The number of hydrogen-bond acceptors (Lipinski definition) is 4. The predicted molar refractivity (Wildman–Crippen MR) is 107 cm³/mol. The minimum Gasteiger partial charge on any atom is -0.354 e. The van der Waals surface area contributed by atoms with E-state index in [1.54, 1.807) is 18.1 Å². The SMILES string of the molecule is CN=C(NCc1ccc(-n2cncn2)cc1)NC(C)Cc1ccc(C)s1. The lowest BCUT2D eigenvalue weighted by Gasteiger charge is -2.17. The highest BCUT2D eigenvalue weighted by Gasteiger charge is 2.08. The third kappa shape index (κ3) is 4.92. The lowest BCUT2D eigenvalue weighted by atomic mass is 10.2. The summed E-state index contributed by atoms with van der Waals surface area (Å²) in [5.74, 6) is 0.811. The molecule has 1 unspecified atom stereocenters. The van der Waals surface area contributed by atoms with Crippen molar-refractivity contribution in [3.8, 4) is 5.69 Å². The van der Waals surface area contributed by atoms with Crippen molar-refractivity contribution in [2.45, 2.75) is 32.9 Å². The number of benzene rings is 1. The minimum atomic E-state index is 0.314. The zero-order chi connectivity index (χ0) is 18.4. The zero-order valence-corrected chi connectivity index (χ0v) is 16.1. The molecule has 0 aliphatic heterocycles. The summed E-state index contributed by atoms with van der Waals surface area (Å²) in [5, 5.41) is 11.0. The molecule has 0 saturated heterocycles. The number of thiophene rings is 1. The Morgan fingerprint density at radius 2 is 2.04 bits per heavy atom. The Balaban J connectivity index is 1.50. The standard InChI is InChI=1S/C19H24N6S/c1-14(10-18-9-4-15(2)26-18)24-19(20-3)22-11-16-5-7-17(8-6-16)25-13-21-12-23-25/h4-9,12-14H,10-11H2,1-3H3,(H2,20,22,24). The van der Waals surface area contributed by atoms with E-state index in [1.807, 2.05) is 23.5 Å². The van der Waals surface area contributed by atoms with Crippen LogP contribution in [0, 0.1) is 6.92 Å². The molecule has 26 heavy (non-hydrogen) atoms. The molecule has 3 aromatic rings. The van der Waals surface area contributed by atoms with Crippen molar-refractivity contribution in [2.24, 2.45) is 4.99 Å². The van der Waals surface area contributed by atoms with Crippen LogP contribution in [0.5, 0.6) is 0 Å². The first kappa shape index (κ1) is 18.1. The van der Waals surface area contributed by atoms with Crippen LogP contribution in [0.15, 0.2) is 54.0 Å². The van der Waals surface area contributed by atoms with Crippen LogP contribution in [0.25, 0.3) is 5.69 Å². The van der Waals surface area contributed by atoms with Gasteiger partial charge in [0.2, 0.25) is 0 Å². The summed E-state index contributed by atoms with van der Waals surface area (Å²) < 4.78 is 1.74. The van der Waals surface area contributed by atoms with E-state index in [1.165, 1.54) is 21.6 Å². The first-order valence-electron chi connectivity index (χ1n) is 8.60. The number of nitrogens with zero attached hydrogens (tertiary/aromatic N) is 4. The van der Waals surface area contributed by atoms with Gasteiger partial charge in [0.05, 0.1) is 5.69 Å². The number of guanidine groups is 1. The second-order valence-corrected chi connectivity index (χ2v) is 7.57. The van der Waals surface area contributed by atoms with Crippen LogP contribution >= 0.6 is 11.3 Å². The predicted octanol–water partition coefficient (Wildman–Crippen LogP) is 2.93. The lowest BCUT2D eigenvalue weighted by Crippen LogP contribution is -2.42. The van der Waals surface area contributed by atoms with Crippen LogP contribution in [-0.4, -0.2) is 33.8 Å². The fourth-order valence-electron chi connectivity index (χ4n) is 2.67. The molecule has 2 aromatic heterocycles. The molecule has 0 fully saturated rings. The van der Waals surface area contributed by atoms with Gasteiger partial charge in [0, 0.05) is 35.8 Å². The molecule has 0 aliphatic carbocycles. The molecule has 7 heteroatoms. The number of aliphatic imine (C=N–C) groups is 1. The van der Waals surface area contributed by atoms with Gasteiger partial charge in [-0.15, -0.1) is 11.3 Å². The van der Waals surface area contributed by atoms with Gasteiger partial charge in [-0.1, -0.05) is 12.1 Å². The molecule has 2 N–H and O–H groups in total. The Labute approximate surface area is 158 Å². The van der Waals surface area contributed by atoms with Crippen molar-refractivity contribution in [3.05, 3.63) is 64.4 Å². The van der Waals surface area contributed by atoms with Gasteiger partial charge in [0.15, 0.2) is 5.96 Å². The molecule has 3 rings (SSSR count). The Morgan fingerprint density at radius 1 is 1.23 bits per heavy atom. The maximum Gasteiger partial charge on any atom is 0.191 e. The molecule has 1 aromatic carbocycles. The summed E-state index contributed by atoms with van der Waals surface area (Å²) in [6, 6.07) is 12.9. The van der Waals surface area contributed by atoms with Crippen LogP contribution < -0.4 is 10.6 Å². The third-order valence-corrected chi connectivity index (χ3v) is 5.01. The monoisotopic (exact) mass is 368 g/mol. The average Bonchev–Trinajstić information content (AvgIpc) is 3.31. The largest absolute Gasteiger partial charge is 0.354 e. The first-order valence-corrected chi connectivity index (χ1v) is 9.42. The van der Waals surface area contributed by atoms with E-state index >= 15 is 0 Å². The minimum absolute atomic E-state index is 0.314. The van der Waals surface area contributed by atoms with E-state index in [9.17, 15) is 0 Å². The number of aromatic nitrogens is 3. The fraction of sp³-hybridized carbons (Fsp3) is 0.316. The summed E-state index contributed by atoms with van der Waals surface area (Å²) in [5.41, 5.74) is 2.17. The van der Waals surface area contributed by atoms with E-state index in [2.05, 4.69) is 63.8 Å². The molecule has 0 spiro atoms. The molecular formula is C19H24N6S. The summed E-state index contributed by atoms with van der Waals surface area (Å²) in [6.45, 7) is 5.03. The molecule has 0 saturated carbocycles. The Kier molecular flexibility index (Phi) is 6.01. The lowest BCUT2D eigenvalue weighted by molar-refractivity contribution is 0.645. The van der Waals surface area contributed by atoms with E-state index in [-0.39, 0.29) is 0 Å². The van der Waals surface area contributed by atoms with E-state index in [0.29, 0.717) is 12.6 Å². The van der Waals surface area contributed by atoms with E-state index in [4.69, 9.17) is 0 Å². The van der Waals surface area contributed by atoms with Crippen molar-refractivity contribution in [1.29, 1.82) is 0 Å². The van der Waals surface area contributed by atoms with Crippen molar-refractivity contribution in [3.63, 3.8) is 0 Å². The van der Waals surface area contributed by atoms with Gasteiger partial charge >= 0.3 is 0 Å². The molecule has 0 amide bonds. The number of hydrogen-bond donors (Lipinski definition) is 2. The third-order valence-electron chi connectivity index (χ3n) is 3.99. The van der Waals surface area contributed by atoms with Crippen molar-refractivity contribution < 1.29 is 0 Å². The summed E-state index contributed by atoms with van der Waals surface area (Å²) in [7, 11) is 1.80. The quantitative estimate of drug-likeness (QED) is 0.519. The van der Waals surface area contributed by atoms with Crippen molar-refractivity contribution >= 4 is 17.3 Å². The van der Waals surface area contributed by atoms with Crippen LogP contribution in [-0.2, 0) is 13.0 Å². The maximum absolute atomic E-state index is 4.32. The molecule has 2 heterocycles. The van der Waals surface area contributed by atoms with Gasteiger partial charge in [-0.05, 0) is 43.7 Å². The van der Waals surface area contributed by atoms with E-state index in [0.717, 1.165) is 18.1 Å². The molecule has 0 bridgehead atoms. The van der Waals surface area contributed by atoms with E-state index < -0.39 is 0 Å². The Bertz CT molecular complexity index is 835. The molecule has 0 aliphatic rings. The highest BCUT2D eigenvalue weighted by atomic mass is 32.1. The van der Waals surface area contributed by atoms with Crippen LogP contribution in [0.2, 0.25) is 0 Å². The van der Waals surface area contributed by atoms with Gasteiger partial charge in [-0.2, -0.15) is 5.10 Å². The Hall–Kier alpha value is -2.67. The zero-order valence-electron chi connectivity index (χ0n) is 15.3. The highest BCUT2D eigenvalue weighted by Crippen LogP contribution is 2.16. The van der Waals surface area contributed by atoms with Gasteiger partial charge in [-0.25, -0.2) is 9.67 Å². The van der Waals surface area contributed by atoms with Crippen molar-refractivity contribution in [1.82, 2.24) is 25.4 Å². The number of aryl methyl sites for hydroxylation is 1. The summed E-state index contributed by atoms with van der Waals surface area (Å²) in [6.07, 6.45) is 4.21. The van der Waals surface area contributed by atoms with Crippen molar-refractivity contribution in [2.75, 3.05) is 7.05 Å². The smallest absolute Gasteiger partial charge is 0.191 e. The van der Waals surface area contributed by atoms with Gasteiger partial charge < -0.3 is 10.6 Å². The average molecular weight is 369 g/mol. The van der Waals surface area contributed by atoms with Gasteiger partial charge in [-0.3, -0.25) is 4.99 Å². The van der Waals surface area contributed by atoms with Crippen LogP contribution in [0.1, 0.15) is 22.2 Å². The summed E-state index contributed by atoms with van der Waals surface area (Å²) >= 11 is 1.85. The van der Waals surface area contributed by atoms with Gasteiger partial charge in [0.25, 0.3) is 0 Å². The molecular weight excluding hydrogens is 344 g/mol. The molecule has 0 radical (unpaired) electrons. The normalized spacial score (nSPS) is 12.8. The molecule has 1 atom stereocenters. The highest BCUT2D eigenvalue weighted by molar-refractivity contribution is 7.11. The number of rotatable bonds is 6. The Morgan fingerprint density at radius 3 is 2.65 bits per heavy atom. The van der Waals surface area contributed by atoms with Crippen LogP contribution in [0.3, 0.4) is 0 Å². The molecule has 6 nitrogen and oxygen atoms in total. The first-order chi connectivity index (χ1) is 12.6. The molecule has 136 valence electrons. The topological polar surface area (TPSA) is 67.1 Å². The maximum atomic E-state index is 4.32.